The van der Waals surface area contributed by atoms with Gasteiger partial charge in [0.2, 0.25) is 5.88 Å². The molecule has 6 nitrogen and oxygen atoms in total. The Morgan fingerprint density at radius 2 is 1.62 bits per heavy atom. The third-order valence-corrected chi connectivity index (χ3v) is 5.05. The lowest BCUT2D eigenvalue weighted by Crippen LogP contribution is -1.95. The Hall–Kier alpha value is -4.58. The van der Waals surface area contributed by atoms with Crippen LogP contribution in [0.25, 0.3) is 33.3 Å². The second kappa shape index (κ2) is 8.28. The van der Waals surface area contributed by atoms with Gasteiger partial charge in [-0.05, 0) is 35.9 Å². The van der Waals surface area contributed by atoms with Crippen LogP contribution in [0.2, 0.25) is 0 Å². The standard InChI is InChI=1S/C26H16N3O3/c30-29(31)20-11-13-21(14-12-20)32-26-23-17-22(18-7-3-1-4-8-18)25(19-9-5-2-6-10-19)28-24(23)15-16-27-26/h1,3-17H. The van der Waals surface area contributed by atoms with Crippen LogP contribution >= 0.6 is 0 Å². The molecule has 0 unspecified atom stereocenters. The van der Waals surface area contributed by atoms with Crippen molar-refractivity contribution < 1.29 is 9.66 Å². The van der Waals surface area contributed by atoms with Crippen LogP contribution in [0, 0.1) is 16.2 Å². The molecule has 5 rings (SSSR count). The van der Waals surface area contributed by atoms with E-state index in [-0.39, 0.29) is 5.69 Å². The summed E-state index contributed by atoms with van der Waals surface area (Å²) in [7, 11) is 0. The molecule has 0 fully saturated rings. The van der Waals surface area contributed by atoms with Crippen molar-refractivity contribution in [3.8, 4) is 34.0 Å². The molecule has 0 saturated heterocycles. The molecule has 0 saturated carbocycles. The van der Waals surface area contributed by atoms with Crippen molar-refractivity contribution in [1.29, 1.82) is 0 Å². The highest BCUT2D eigenvalue weighted by Crippen LogP contribution is 2.36. The van der Waals surface area contributed by atoms with Crippen LogP contribution in [0.15, 0.2) is 97.2 Å². The lowest BCUT2D eigenvalue weighted by molar-refractivity contribution is -0.384. The second-order valence-corrected chi connectivity index (χ2v) is 7.08. The monoisotopic (exact) mass is 418 g/mol. The van der Waals surface area contributed by atoms with Crippen molar-refractivity contribution in [1.82, 2.24) is 9.97 Å². The molecule has 2 heterocycles. The number of nitro benzene ring substituents is 1. The van der Waals surface area contributed by atoms with Crippen LogP contribution in [0.5, 0.6) is 11.6 Å². The smallest absolute Gasteiger partial charge is 0.269 e. The maximum Gasteiger partial charge on any atom is 0.269 e. The average molecular weight is 418 g/mol. The zero-order valence-electron chi connectivity index (χ0n) is 16.8. The van der Waals surface area contributed by atoms with Gasteiger partial charge in [-0.25, -0.2) is 9.97 Å². The summed E-state index contributed by atoms with van der Waals surface area (Å²) in [5.41, 5.74) is 4.55. The van der Waals surface area contributed by atoms with E-state index in [1.165, 1.54) is 12.1 Å². The Kier molecular flexibility index (Phi) is 5.01. The summed E-state index contributed by atoms with van der Waals surface area (Å²) < 4.78 is 5.98. The van der Waals surface area contributed by atoms with E-state index in [0.717, 1.165) is 33.3 Å². The molecule has 0 aliphatic heterocycles. The molecule has 0 bridgehead atoms. The number of fused-ring (bicyclic) bond motifs is 1. The largest absolute Gasteiger partial charge is 0.438 e. The third kappa shape index (κ3) is 3.77. The number of pyridine rings is 2. The fourth-order valence-corrected chi connectivity index (χ4v) is 3.50. The maximum absolute atomic E-state index is 10.9. The number of non-ortho nitro benzene ring substituents is 1. The molecule has 5 aromatic rings. The summed E-state index contributed by atoms with van der Waals surface area (Å²) in [4.78, 5) is 19.8. The van der Waals surface area contributed by atoms with Gasteiger partial charge < -0.3 is 4.74 Å². The Balaban J connectivity index is 1.66. The summed E-state index contributed by atoms with van der Waals surface area (Å²) in [5.74, 6) is 0.841. The summed E-state index contributed by atoms with van der Waals surface area (Å²) in [6, 6.07) is 30.5. The van der Waals surface area contributed by atoms with E-state index in [4.69, 9.17) is 9.72 Å². The van der Waals surface area contributed by atoms with Gasteiger partial charge in [-0.1, -0.05) is 54.6 Å². The van der Waals surface area contributed by atoms with Gasteiger partial charge in [0.1, 0.15) is 5.75 Å². The minimum absolute atomic E-state index is 0.000933. The molecular weight excluding hydrogens is 402 g/mol. The first-order chi connectivity index (χ1) is 15.7. The van der Waals surface area contributed by atoms with Gasteiger partial charge in [0.15, 0.2) is 0 Å². The molecule has 3 aromatic carbocycles. The van der Waals surface area contributed by atoms with Gasteiger partial charge in [0.25, 0.3) is 5.69 Å². The minimum Gasteiger partial charge on any atom is -0.438 e. The fourth-order valence-electron chi connectivity index (χ4n) is 3.50. The highest BCUT2D eigenvalue weighted by Gasteiger charge is 2.15. The third-order valence-electron chi connectivity index (χ3n) is 5.05. The number of ether oxygens (including phenoxy) is 1. The van der Waals surface area contributed by atoms with Crippen molar-refractivity contribution in [2.24, 2.45) is 0 Å². The average Bonchev–Trinajstić information content (AvgIpc) is 2.85. The van der Waals surface area contributed by atoms with Crippen LogP contribution in [-0.2, 0) is 0 Å². The lowest BCUT2D eigenvalue weighted by Gasteiger charge is -2.13. The van der Waals surface area contributed by atoms with Crippen LogP contribution in [0.3, 0.4) is 0 Å². The Morgan fingerprint density at radius 1 is 0.875 bits per heavy atom. The molecule has 0 aliphatic rings. The van der Waals surface area contributed by atoms with Gasteiger partial charge in [0.05, 0.1) is 21.5 Å². The Morgan fingerprint density at radius 3 is 2.34 bits per heavy atom. The zero-order chi connectivity index (χ0) is 21.9. The number of nitro groups is 1. The second-order valence-electron chi connectivity index (χ2n) is 7.08. The molecule has 32 heavy (non-hydrogen) atoms. The minimum atomic E-state index is -0.446. The van der Waals surface area contributed by atoms with Crippen molar-refractivity contribution in [3.63, 3.8) is 0 Å². The lowest BCUT2D eigenvalue weighted by atomic mass is 9.98. The van der Waals surface area contributed by atoms with Gasteiger partial charge in [-0.3, -0.25) is 10.1 Å². The summed E-state index contributed by atoms with van der Waals surface area (Å²) in [6.45, 7) is 0. The number of hydrogen-bond acceptors (Lipinski definition) is 5. The van der Waals surface area contributed by atoms with E-state index in [2.05, 4.69) is 11.1 Å². The molecule has 0 atom stereocenters. The van der Waals surface area contributed by atoms with Gasteiger partial charge in [-0.15, -0.1) is 0 Å². The first kappa shape index (κ1) is 19.4. The first-order valence-corrected chi connectivity index (χ1v) is 9.93. The zero-order valence-corrected chi connectivity index (χ0v) is 16.8. The first-order valence-electron chi connectivity index (χ1n) is 9.93. The van der Waals surface area contributed by atoms with E-state index in [1.54, 1.807) is 18.3 Å². The molecule has 0 N–H and O–H groups in total. The molecule has 0 aliphatic carbocycles. The van der Waals surface area contributed by atoms with Crippen LogP contribution in [-0.4, -0.2) is 14.9 Å². The van der Waals surface area contributed by atoms with E-state index in [9.17, 15) is 10.1 Å². The normalized spacial score (nSPS) is 10.8. The molecule has 0 spiro atoms. The molecule has 153 valence electrons. The van der Waals surface area contributed by atoms with Crippen LogP contribution in [0.4, 0.5) is 5.69 Å². The Bertz CT molecular complexity index is 1400. The molecule has 6 heteroatoms. The Labute approximate surface area is 183 Å². The van der Waals surface area contributed by atoms with Gasteiger partial charge >= 0.3 is 0 Å². The highest BCUT2D eigenvalue weighted by atomic mass is 16.6. The van der Waals surface area contributed by atoms with Crippen molar-refractivity contribution in [3.05, 3.63) is 113 Å². The number of benzene rings is 3. The number of rotatable bonds is 5. The summed E-state index contributed by atoms with van der Waals surface area (Å²) in [6.07, 6.45) is 1.64. The molecule has 1 radical (unpaired) electrons. The van der Waals surface area contributed by atoms with Crippen molar-refractivity contribution >= 4 is 16.6 Å². The van der Waals surface area contributed by atoms with E-state index in [1.807, 2.05) is 66.7 Å². The maximum atomic E-state index is 10.9. The van der Waals surface area contributed by atoms with Crippen LogP contribution < -0.4 is 4.74 Å². The quantitative estimate of drug-likeness (QED) is 0.242. The number of hydrogen-bond donors (Lipinski definition) is 0. The highest BCUT2D eigenvalue weighted by molar-refractivity contribution is 5.94. The molecular formula is C26H16N3O3. The summed E-state index contributed by atoms with van der Waals surface area (Å²) in [5, 5.41) is 11.7. The van der Waals surface area contributed by atoms with Crippen LogP contribution in [0.1, 0.15) is 0 Å². The number of nitrogens with zero attached hydrogens (tertiary/aromatic N) is 3. The fraction of sp³-hybridized carbons (Fsp3) is 0. The van der Waals surface area contributed by atoms with E-state index < -0.39 is 4.92 Å². The van der Waals surface area contributed by atoms with Crippen molar-refractivity contribution in [2.45, 2.75) is 0 Å². The van der Waals surface area contributed by atoms with Gasteiger partial charge in [0, 0.05) is 29.5 Å². The predicted octanol–water partition coefficient (Wildman–Crippen LogP) is 6.46. The topological polar surface area (TPSA) is 78.2 Å². The van der Waals surface area contributed by atoms with Gasteiger partial charge in [-0.2, -0.15) is 0 Å². The SMILES string of the molecule is O=[N+]([O-])c1ccc(Oc2nccc3nc(-c4cc[c]cc4)c(-c4ccccc4)cc23)cc1. The van der Waals surface area contributed by atoms with Crippen molar-refractivity contribution in [2.75, 3.05) is 0 Å². The molecule has 0 amide bonds. The van der Waals surface area contributed by atoms with E-state index >= 15 is 0 Å². The number of aromatic nitrogens is 2. The molecule has 2 aromatic heterocycles. The van der Waals surface area contributed by atoms with E-state index in [0.29, 0.717) is 11.6 Å². The predicted molar refractivity (Wildman–Crippen MR) is 122 cm³/mol. The summed E-state index contributed by atoms with van der Waals surface area (Å²) >= 11 is 0.